The van der Waals surface area contributed by atoms with E-state index in [-0.39, 0.29) is 40.6 Å². The first-order valence-electron chi connectivity index (χ1n) is 2.32. The Morgan fingerprint density at radius 2 is 1.90 bits per heavy atom. The van der Waals surface area contributed by atoms with Crippen LogP contribution in [0.5, 0.6) is 0 Å². The zero-order valence-electron chi connectivity index (χ0n) is 7.36. The molecule has 0 rings (SSSR count). The largest absolute Gasteiger partial charge is 2.00 e. The molecule has 0 aliphatic heterocycles. The van der Waals surface area contributed by atoms with Gasteiger partial charge in [-0.1, -0.05) is 0 Å². The topological polar surface area (TPSA) is 87.0 Å². The van der Waals surface area contributed by atoms with Crippen molar-refractivity contribution in [2.24, 2.45) is 0 Å². The van der Waals surface area contributed by atoms with Crippen LogP contribution in [0, 0.1) is 0 Å². The van der Waals surface area contributed by atoms with Crippen LogP contribution in [0.15, 0.2) is 0 Å². The van der Waals surface area contributed by atoms with Gasteiger partial charge < -0.3 is 22.9 Å². The summed E-state index contributed by atoms with van der Waals surface area (Å²) in [6.45, 7) is -0.994. The van der Waals surface area contributed by atoms with Crippen molar-refractivity contribution in [1.29, 1.82) is 0 Å². The molecule has 10 heavy (non-hydrogen) atoms. The third kappa shape index (κ3) is 6.57. The van der Waals surface area contributed by atoms with E-state index in [1.165, 1.54) is 0 Å². The van der Waals surface area contributed by atoms with Gasteiger partial charge in [0.15, 0.2) is 6.10 Å². The van der Waals surface area contributed by atoms with E-state index in [0.717, 1.165) is 0 Å². The van der Waals surface area contributed by atoms with Gasteiger partial charge in [-0.2, -0.15) is 0 Å². The molecule has 0 aliphatic rings. The summed E-state index contributed by atoms with van der Waals surface area (Å²) in [5.41, 5.74) is 0. The number of rotatable bonds is 3. The smallest absolute Gasteiger partial charge is 1.00 e. The molecular weight excluding hydrogens is 168 g/mol. The molecule has 0 saturated heterocycles. The van der Waals surface area contributed by atoms with E-state index in [1.54, 1.807) is 0 Å². The predicted octanol–water partition coefficient (Wildman–Crippen LogP) is -1.12. The number of hydrogen-bond donors (Lipinski definition) is 3. The molecular formula is C4H10CaO5. The molecule has 0 spiro atoms. The Kier molecular flexibility index (Phi) is 9.87. The summed E-state index contributed by atoms with van der Waals surface area (Å²) in [6.07, 6.45) is -2.51. The average molecular weight is 178 g/mol. The van der Waals surface area contributed by atoms with Crippen LogP contribution in [0.2, 0.25) is 0 Å². The quantitative estimate of drug-likeness (QED) is 0.376. The van der Waals surface area contributed by atoms with Gasteiger partial charge in [-0.25, -0.2) is 4.79 Å². The molecule has 0 heterocycles. The van der Waals surface area contributed by atoms with Gasteiger partial charge in [-0.3, -0.25) is 0 Å². The molecule has 0 bridgehead atoms. The minimum atomic E-state index is -1.50. The Morgan fingerprint density at radius 1 is 1.50 bits per heavy atom. The number of hydrogen-bond acceptors (Lipinski definition) is 4. The monoisotopic (exact) mass is 178 g/mol. The fraction of sp³-hybridized carbons (Fsp3) is 0.750. The van der Waals surface area contributed by atoms with Gasteiger partial charge >= 0.3 is 43.9 Å². The Morgan fingerprint density at radius 3 is 2.00 bits per heavy atom. The molecule has 58 valence electrons. The molecule has 0 amide bonds. The number of aliphatic hydroxyl groups excluding tert-OH is 2. The first-order chi connectivity index (χ1) is 4.20. The van der Waals surface area contributed by atoms with E-state index in [0.29, 0.717) is 0 Å². The van der Waals surface area contributed by atoms with Crippen LogP contribution in [0.4, 0.5) is 4.79 Å². The van der Waals surface area contributed by atoms with Crippen LogP contribution in [-0.4, -0.2) is 78.5 Å². The van der Waals surface area contributed by atoms with E-state index in [2.05, 4.69) is 4.74 Å². The summed E-state index contributed by atoms with van der Waals surface area (Å²) in [5, 5.41) is 24.4. The second kappa shape index (κ2) is 7.56. The van der Waals surface area contributed by atoms with Crippen molar-refractivity contribution < 1.29 is 27.7 Å². The van der Waals surface area contributed by atoms with Crippen LogP contribution < -0.4 is 0 Å². The number of aliphatic hydroxyl groups is 2. The van der Waals surface area contributed by atoms with Gasteiger partial charge in [0, 0.05) is 0 Å². The first-order valence-corrected chi connectivity index (χ1v) is 2.32. The summed E-state index contributed by atoms with van der Waals surface area (Å²) in [6, 6.07) is 0. The predicted molar refractivity (Wildman–Crippen MR) is 35.0 cm³/mol. The molecule has 5 nitrogen and oxygen atoms in total. The fourth-order valence-corrected chi connectivity index (χ4v) is 0.275. The normalized spacial score (nSPS) is 8.70. The Hall–Kier alpha value is 0.450. The first kappa shape index (κ1) is 13.1. The van der Waals surface area contributed by atoms with Gasteiger partial charge in [0.1, 0.15) is 0 Å². The zero-order valence-corrected chi connectivity index (χ0v) is 7.57. The molecule has 0 atom stereocenters. The maximum Gasteiger partial charge on any atom is 2.00 e. The minimum absolute atomic E-state index is 0. The van der Waals surface area contributed by atoms with Crippen LogP contribution >= 0.6 is 0 Å². The van der Waals surface area contributed by atoms with E-state index in [1.807, 2.05) is 0 Å². The standard InChI is InChI=1S/C4H8O5.Ca.2H/c5-1-3(2-6)9-4(7)8;;;/h3,5-6H,1-2H2,(H,7,8);;;/q;+2;2*-1. The van der Waals surface area contributed by atoms with E-state index >= 15 is 0 Å². The van der Waals surface area contributed by atoms with Crippen molar-refractivity contribution in [1.82, 2.24) is 0 Å². The van der Waals surface area contributed by atoms with Crippen molar-refractivity contribution in [2.45, 2.75) is 6.10 Å². The molecule has 0 aromatic rings. The van der Waals surface area contributed by atoms with Crippen molar-refractivity contribution in [3.8, 4) is 0 Å². The Bertz CT molecular complexity index is 99.4. The summed E-state index contributed by atoms with van der Waals surface area (Å²) in [7, 11) is 0. The number of ether oxygens (including phenoxy) is 1. The second-order valence-electron chi connectivity index (χ2n) is 1.37. The molecule has 0 unspecified atom stereocenters. The van der Waals surface area contributed by atoms with Crippen LogP contribution in [0.3, 0.4) is 0 Å². The van der Waals surface area contributed by atoms with Crippen molar-refractivity contribution in [3.63, 3.8) is 0 Å². The van der Waals surface area contributed by atoms with Crippen molar-refractivity contribution in [2.75, 3.05) is 13.2 Å². The molecule has 0 aromatic heterocycles. The maximum absolute atomic E-state index is 9.68. The third-order valence-corrected chi connectivity index (χ3v) is 0.675. The van der Waals surface area contributed by atoms with Gasteiger partial charge in [0.2, 0.25) is 0 Å². The second-order valence-corrected chi connectivity index (χ2v) is 1.37. The summed E-state index contributed by atoms with van der Waals surface area (Å²) in [5.74, 6) is 0. The molecule has 0 fully saturated rings. The average Bonchev–Trinajstić information content (AvgIpc) is 1.82. The maximum atomic E-state index is 9.68. The molecule has 0 radical (unpaired) electrons. The van der Waals surface area contributed by atoms with E-state index < -0.39 is 25.5 Å². The summed E-state index contributed by atoms with van der Waals surface area (Å²) < 4.78 is 3.97. The van der Waals surface area contributed by atoms with Gasteiger partial charge in [-0.05, 0) is 0 Å². The van der Waals surface area contributed by atoms with Crippen LogP contribution in [0.1, 0.15) is 2.85 Å². The van der Waals surface area contributed by atoms with Crippen molar-refractivity contribution in [3.05, 3.63) is 0 Å². The number of carboxylic acid groups (broad SMARTS) is 1. The van der Waals surface area contributed by atoms with E-state index in [4.69, 9.17) is 15.3 Å². The zero-order chi connectivity index (χ0) is 7.28. The molecule has 0 saturated carbocycles. The van der Waals surface area contributed by atoms with Crippen LogP contribution in [0.25, 0.3) is 0 Å². The molecule has 3 N–H and O–H groups in total. The van der Waals surface area contributed by atoms with Gasteiger partial charge in [0.05, 0.1) is 13.2 Å². The fourth-order valence-electron chi connectivity index (χ4n) is 0.275. The number of carbonyl (C=O) groups is 1. The Balaban J connectivity index is -0.000000107. The van der Waals surface area contributed by atoms with Crippen molar-refractivity contribution >= 4 is 43.9 Å². The SMILES string of the molecule is O=C(O)OC(CO)CO.[Ca+2].[H-].[H-]. The summed E-state index contributed by atoms with van der Waals surface area (Å²) in [4.78, 5) is 9.68. The summed E-state index contributed by atoms with van der Waals surface area (Å²) >= 11 is 0. The van der Waals surface area contributed by atoms with Gasteiger partial charge in [0.25, 0.3) is 0 Å². The Labute approximate surface area is 90.6 Å². The van der Waals surface area contributed by atoms with Crippen LogP contribution in [-0.2, 0) is 4.74 Å². The molecule has 6 heteroatoms. The third-order valence-electron chi connectivity index (χ3n) is 0.675. The van der Waals surface area contributed by atoms with E-state index in [9.17, 15) is 4.79 Å². The molecule has 0 aromatic carbocycles. The molecule has 0 aliphatic carbocycles. The van der Waals surface area contributed by atoms with Gasteiger partial charge in [-0.15, -0.1) is 0 Å². The minimum Gasteiger partial charge on any atom is -1.00 e.